The van der Waals surface area contributed by atoms with Crippen LogP contribution in [0.2, 0.25) is 0 Å². The Bertz CT molecular complexity index is 506. The molecule has 1 atom stereocenters. The number of carbonyl (C=O) groups is 1. The van der Waals surface area contributed by atoms with Gasteiger partial charge in [0.05, 0.1) is 23.3 Å². The Morgan fingerprint density at radius 1 is 1.38 bits per heavy atom. The first-order chi connectivity index (χ1) is 10.1. The van der Waals surface area contributed by atoms with Crippen molar-refractivity contribution in [3.63, 3.8) is 0 Å². The highest BCUT2D eigenvalue weighted by atomic mass is 32.2. The summed E-state index contributed by atoms with van der Waals surface area (Å²) in [6.45, 7) is 0.707. The molecule has 0 radical (unpaired) electrons. The van der Waals surface area contributed by atoms with Crippen molar-refractivity contribution >= 4 is 23.4 Å². The van der Waals surface area contributed by atoms with Crippen molar-refractivity contribution in [1.82, 2.24) is 4.90 Å². The van der Waals surface area contributed by atoms with Gasteiger partial charge in [-0.1, -0.05) is 0 Å². The minimum Gasteiger partial charge on any atom is -0.394 e. The number of nitrogens with zero attached hydrogens (tertiary/aromatic N) is 2. The van der Waals surface area contributed by atoms with Crippen molar-refractivity contribution in [3.05, 3.63) is 34.4 Å². The SMILES string of the molecule is O=C(CSc1ccc([N+](=O)[O-])cc1)N1CCCCC1CO. The number of likely N-dealkylation sites (tertiary alicyclic amines) is 1. The molecule has 1 aliphatic rings. The maximum absolute atomic E-state index is 12.2. The van der Waals surface area contributed by atoms with Crippen molar-refractivity contribution in [1.29, 1.82) is 0 Å². The van der Waals surface area contributed by atoms with Gasteiger partial charge in [0, 0.05) is 23.6 Å². The van der Waals surface area contributed by atoms with Gasteiger partial charge in [0.2, 0.25) is 5.91 Å². The third-order valence-corrected chi connectivity index (χ3v) is 4.56. The van der Waals surface area contributed by atoms with Gasteiger partial charge in [-0.05, 0) is 31.4 Å². The lowest BCUT2D eigenvalue weighted by Gasteiger charge is -2.34. The van der Waals surface area contributed by atoms with Crippen LogP contribution >= 0.6 is 11.8 Å². The first kappa shape index (κ1) is 15.8. The van der Waals surface area contributed by atoms with Gasteiger partial charge in [-0.15, -0.1) is 11.8 Å². The zero-order valence-corrected chi connectivity index (χ0v) is 12.4. The monoisotopic (exact) mass is 310 g/mol. The number of nitro benzene ring substituents is 1. The topological polar surface area (TPSA) is 83.7 Å². The summed E-state index contributed by atoms with van der Waals surface area (Å²) < 4.78 is 0. The number of hydrogen-bond acceptors (Lipinski definition) is 5. The van der Waals surface area contributed by atoms with Crippen LogP contribution < -0.4 is 0 Å². The summed E-state index contributed by atoms with van der Waals surface area (Å²) in [5.41, 5.74) is 0.0436. The van der Waals surface area contributed by atoms with E-state index in [9.17, 15) is 20.0 Å². The molecular formula is C14H18N2O4S. The summed E-state index contributed by atoms with van der Waals surface area (Å²) in [4.78, 5) is 24.9. The molecule has 1 amide bonds. The van der Waals surface area contributed by atoms with Crippen LogP contribution in [0.25, 0.3) is 0 Å². The number of nitro groups is 1. The number of carbonyl (C=O) groups excluding carboxylic acids is 1. The van der Waals surface area contributed by atoms with Gasteiger partial charge in [0.15, 0.2) is 0 Å². The lowest BCUT2D eigenvalue weighted by atomic mass is 10.0. The number of aliphatic hydroxyl groups is 1. The summed E-state index contributed by atoms with van der Waals surface area (Å²) in [6, 6.07) is 6.10. The predicted molar refractivity (Wildman–Crippen MR) is 80.3 cm³/mol. The van der Waals surface area contributed by atoms with Crippen LogP contribution in [0.15, 0.2) is 29.2 Å². The molecule has 0 saturated carbocycles. The number of hydrogen-bond donors (Lipinski definition) is 1. The van der Waals surface area contributed by atoms with Crippen LogP contribution in [0.1, 0.15) is 19.3 Å². The Kier molecular flexibility index (Phi) is 5.58. The standard InChI is InChI=1S/C14H18N2O4S/c17-9-12-3-1-2-8-15(12)14(18)10-21-13-6-4-11(5-7-13)16(19)20/h4-7,12,17H,1-3,8-10H2. The fraction of sp³-hybridized carbons (Fsp3) is 0.500. The molecule has 1 heterocycles. The zero-order chi connectivity index (χ0) is 15.2. The molecule has 0 aliphatic carbocycles. The Morgan fingerprint density at radius 2 is 2.10 bits per heavy atom. The molecule has 1 N–H and O–H groups in total. The molecule has 114 valence electrons. The van der Waals surface area contributed by atoms with E-state index in [1.807, 2.05) is 0 Å². The first-order valence-corrected chi connectivity index (χ1v) is 7.88. The Hall–Kier alpha value is -1.60. The number of thioether (sulfide) groups is 1. The van der Waals surface area contributed by atoms with Crippen LogP contribution in [-0.2, 0) is 4.79 Å². The van der Waals surface area contributed by atoms with E-state index in [0.29, 0.717) is 6.54 Å². The molecule has 1 aromatic carbocycles. The summed E-state index contributed by atoms with van der Waals surface area (Å²) in [6.07, 6.45) is 2.87. The van der Waals surface area contributed by atoms with Crippen molar-refractivity contribution in [3.8, 4) is 0 Å². The van der Waals surface area contributed by atoms with Crippen molar-refractivity contribution in [2.45, 2.75) is 30.2 Å². The lowest BCUT2D eigenvalue weighted by molar-refractivity contribution is -0.384. The van der Waals surface area contributed by atoms with Gasteiger partial charge in [-0.2, -0.15) is 0 Å². The van der Waals surface area contributed by atoms with Crippen LogP contribution in [0.3, 0.4) is 0 Å². The number of amides is 1. The quantitative estimate of drug-likeness (QED) is 0.511. The molecule has 1 unspecified atom stereocenters. The number of aliphatic hydroxyl groups excluding tert-OH is 1. The summed E-state index contributed by atoms with van der Waals surface area (Å²) in [7, 11) is 0. The second kappa shape index (κ2) is 7.42. The third kappa shape index (κ3) is 4.18. The number of piperidine rings is 1. The van der Waals surface area contributed by atoms with E-state index in [-0.39, 0.29) is 30.0 Å². The van der Waals surface area contributed by atoms with Gasteiger partial charge in [0.1, 0.15) is 0 Å². The second-order valence-corrected chi connectivity index (χ2v) is 6.01. The highest BCUT2D eigenvalue weighted by molar-refractivity contribution is 8.00. The summed E-state index contributed by atoms with van der Waals surface area (Å²) >= 11 is 1.36. The maximum atomic E-state index is 12.2. The first-order valence-electron chi connectivity index (χ1n) is 6.89. The van der Waals surface area contributed by atoms with Gasteiger partial charge < -0.3 is 10.0 Å². The van der Waals surface area contributed by atoms with E-state index in [1.54, 1.807) is 17.0 Å². The molecule has 1 aromatic rings. The van der Waals surface area contributed by atoms with E-state index in [0.717, 1.165) is 24.2 Å². The molecule has 0 spiro atoms. The molecule has 1 aliphatic heterocycles. The average Bonchev–Trinajstić information content (AvgIpc) is 2.52. The van der Waals surface area contributed by atoms with Gasteiger partial charge in [-0.25, -0.2) is 0 Å². The molecule has 0 bridgehead atoms. The third-order valence-electron chi connectivity index (χ3n) is 3.57. The van der Waals surface area contributed by atoms with Gasteiger partial charge >= 0.3 is 0 Å². The van der Waals surface area contributed by atoms with E-state index in [4.69, 9.17) is 0 Å². The molecule has 6 nitrogen and oxygen atoms in total. The minimum absolute atomic E-state index is 0.00788. The highest BCUT2D eigenvalue weighted by Gasteiger charge is 2.25. The van der Waals surface area contributed by atoms with Crippen molar-refractivity contribution in [2.75, 3.05) is 18.9 Å². The average molecular weight is 310 g/mol. The molecular weight excluding hydrogens is 292 g/mol. The Morgan fingerprint density at radius 3 is 2.71 bits per heavy atom. The maximum Gasteiger partial charge on any atom is 0.269 e. The lowest BCUT2D eigenvalue weighted by Crippen LogP contribution is -2.46. The molecule has 2 rings (SSSR count). The number of non-ortho nitro benzene ring substituents is 1. The van der Waals surface area contributed by atoms with E-state index < -0.39 is 4.92 Å². The van der Waals surface area contributed by atoms with Crippen LogP contribution in [0.5, 0.6) is 0 Å². The Labute approximate surface area is 127 Å². The smallest absolute Gasteiger partial charge is 0.269 e. The minimum atomic E-state index is -0.445. The highest BCUT2D eigenvalue weighted by Crippen LogP contribution is 2.23. The molecule has 1 saturated heterocycles. The van der Waals surface area contributed by atoms with Gasteiger partial charge in [0.25, 0.3) is 5.69 Å². The fourth-order valence-corrected chi connectivity index (χ4v) is 3.20. The molecule has 1 fully saturated rings. The van der Waals surface area contributed by atoms with Crippen molar-refractivity contribution in [2.24, 2.45) is 0 Å². The van der Waals surface area contributed by atoms with E-state index >= 15 is 0 Å². The molecule has 7 heteroatoms. The van der Waals surface area contributed by atoms with E-state index in [2.05, 4.69) is 0 Å². The second-order valence-electron chi connectivity index (χ2n) is 4.96. The van der Waals surface area contributed by atoms with E-state index in [1.165, 1.54) is 23.9 Å². The number of rotatable bonds is 5. The summed E-state index contributed by atoms with van der Waals surface area (Å²) in [5.74, 6) is 0.297. The largest absolute Gasteiger partial charge is 0.394 e. The fourth-order valence-electron chi connectivity index (χ4n) is 2.41. The summed E-state index contributed by atoms with van der Waals surface area (Å²) in [5, 5.41) is 19.9. The van der Waals surface area contributed by atoms with Crippen LogP contribution in [-0.4, -0.2) is 45.8 Å². The molecule has 21 heavy (non-hydrogen) atoms. The Balaban J connectivity index is 1.89. The zero-order valence-electron chi connectivity index (χ0n) is 11.6. The van der Waals surface area contributed by atoms with Gasteiger partial charge in [-0.3, -0.25) is 14.9 Å². The van der Waals surface area contributed by atoms with Crippen molar-refractivity contribution < 1.29 is 14.8 Å². The predicted octanol–water partition coefficient (Wildman–Crippen LogP) is 2.06. The number of benzene rings is 1. The van der Waals surface area contributed by atoms with Crippen LogP contribution in [0, 0.1) is 10.1 Å². The molecule has 0 aromatic heterocycles. The van der Waals surface area contributed by atoms with Crippen LogP contribution in [0.4, 0.5) is 5.69 Å². The normalized spacial score (nSPS) is 18.5.